The molecule has 0 bridgehead atoms. The average Bonchev–Trinajstić information content (AvgIpc) is 2.70. The Bertz CT molecular complexity index is 910. The van der Waals surface area contributed by atoms with Crippen LogP contribution in [0.1, 0.15) is 11.1 Å². The number of anilines is 2. The fourth-order valence-electron chi connectivity index (χ4n) is 3.16. The predicted octanol–water partition coefficient (Wildman–Crippen LogP) is 3.82. The third kappa shape index (κ3) is 4.49. The van der Waals surface area contributed by atoms with Gasteiger partial charge in [0.15, 0.2) is 0 Å². The molecule has 0 aliphatic rings. The molecule has 2 aromatic carbocycles. The van der Waals surface area contributed by atoms with Crippen molar-refractivity contribution < 1.29 is 4.74 Å². The number of aryl methyl sites for hydroxylation is 1. The first kappa shape index (κ1) is 19.0. The van der Waals surface area contributed by atoms with Gasteiger partial charge in [-0.15, -0.1) is 0 Å². The van der Waals surface area contributed by atoms with Crippen LogP contribution in [0.2, 0.25) is 0 Å². The highest BCUT2D eigenvalue weighted by atomic mass is 16.5. The summed E-state index contributed by atoms with van der Waals surface area (Å²) in [6.45, 7) is 4.62. The van der Waals surface area contributed by atoms with E-state index < -0.39 is 0 Å². The molecule has 0 unspecified atom stereocenters. The van der Waals surface area contributed by atoms with Crippen molar-refractivity contribution in [2.24, 2.45) is 0 Å². The lowest BCUT2D eigenvalue weighted by Crippen LogP contribution is -2.29. The summed E-state index contributed by atoms with van der Waals surface area (Å²) < 4.78 is 5.32. The van der Waals surface area contributed by atoms with Gasteiger partial charge in [-0.3, -0.25) is 0 Å². The van der Waals surface area contributed by atoms with Crippen molar-refractivity contribution in [2.75, 3.05) is 44.5 Å². The monoisotopic (exact) mass is 364 g/mol. The second-order valence-corrected chi connectivity index (χ2v) is 6.73. The molecule has 1 aromatic heterocycles. The van der Waals surface area contributed by atoms with Crippen LogP contribution in [0.4, 0.5) is 11.5 Å². The Morgan fingerprint density at radius 1 is 1.11 bits per heavy atom. The molecule has 5 nitrogen and oxygen atoms in total. The molecule has 0 amide bonds. The van der Waals surface area contributed by atoms with E-state index in [0.29, 0.717) is 6.54 Å². The fraction of sp³-hybridized carbons (Fsp3) is 0.318. The van der Waals surface area contributed by atoms with E-state index in [-0.39, 0.29) is 0 Å². The molecule has 27 heavy (non-hydrogen) atoms. The zero-order valence-electron chi connectivity index (χ0n) is 16.5. The van der Waals surface area contributed by atoms with Crippen LogP contribution >= 0.6 is 0 Å². The van der Waals surface area contributed by atoms with E-state index in [0.717, 1.165) is 35.9 Å². The summed E-state index contributed by atoms with van der Waals surface area (Å²) in [5.74, 6) is 1.86. The highest BCUT2D eigenvalue weighted by molar-refractivity contribution is 5.84. The number of rotatable bonds is 8. The number of methoxy groups -OCH3 is 1. The third-order valence-electron chi connectivity index (χ3n) is 4.72. The lowest BCUT2D eigenvalue weighted by molar-refractivity contribution is 0.415. The number of benzene rings is 2. The Labute approximate surface area is 161 Å². The van der Waals surface area contributed by atoms with Gasteiger partial charge in [-0.25, -0.2) is 4.98 Å². The van der Waals surface area contributed by atoms with E-state index in [4.69, 9.17) is 9.72 Å². The van der Waals surface area contributed by atoms with Crippen molar-refractivity contribution in [3.63, 3.8) is 0 Å². The Morgan fingerprint density at radius 3 is 2.70 bits per heavy atom. The van der Waals surface area contributed by atoms with E-state index in [9.17, 15) is 0 Å². The number of fused-ring (bicyclic) bond motifs is 1. The molecule has 0 fully saturated rings. The number of hydrogen-bond acceptors (Lipinski definition) is 5. The maximum absolute atomic E-state index is 5.32. The van der Waals surface area contributed by atoms with Crippen LogP contribution in [-0.4, -0.2) is 39.3 Å². The summed E-state index contributed by atoms with van der Waals surface area (Å²) in [7, 11) is 5.75. The number of likely N-dealkylation sites (N-methyl/N-ethyl adjacent to an activating group) is 2. The van der Waals surface area contributed by atoms with Gasteiger partial charge in [-0.2, -0.15) is 0 Å². The second kappa shape index (κ2) is 8.73. The first-order chi connectivity index (χ1) is 13.1. The van der Waals surface area contributed by atoms with Crippen LogP contribution < -0.4 is 20.3 Å². The largest absolute Gasteiger partial charge is 0.497 e. The standard InChI is InChI=1S/C22H28N4O/c1-16-7-5-8-17-13-18(15-24-19-9-6-10-20(14-19)27-4)22(25-21(16)17)26(3)12-11-23-2/h5-10,13-14,23-24H,11-12,15H2,1-4H3. The topological polar surface area (TPSA) is 49.4 Å². The molecule has 0 saturated heterocycles. The van der Waals surface area contributed by atoms with Crippen LogP contribution in [0.15, 0.2) is 48.5 Å². The Kier molecular flexibility index (Phi) is 6.14. The van der Waals surface area contributed by atoms with Gasteiger partial charge in [0.05, 0.1) is 12.6 Å². The minimum atomic E-state index is 0.698. The van der Waals surface area contributed by atoms with Crippen molar-refractivity contribution in [3.8, 4) is 5.75 Å². The molecule has 0 spiro atoms. The van der Waals surface area contributed by atoms with Gasteiger partial charge >= 0.3 is 0 Å². The van der Waals surface area contributed by atoms with Gasteiger partial charge in [0.1, 0.15) is 11.6 Å². The SMILES string of the molecule is CNCCN(C)c1nc2c(C)cccc2cc1CNc1cccc(OC)c1. The second-order valence-electron chi connectivity index (χ2n) is 6.73. The van der Waals surface area contributed by atoms with E-state index >= 15 is 0 Å². The highest BCUT2D eigenvalue weighted by Gasteiger charge is 2.12. The van der Waals surface area contributed by atoms with E-state index in [1.54, 1.807) is 7.11 Å². The molecule has 0 aliphatic carbocycles. The number of ether oxygens (including phenoxy) is 1. The van der Waals surface area contributed by atoms with E-state index in [2.05, 4.69) is 53.8 Å². The van der Waals surface area contributed by atoms with Crippen LogP contribution in [0, 0.1) is 6.92 Å². The fourth-order valence-corrected chi connectivity index (χ4v) is 3.16. The summed E-state index contributed by atoms with van der Waals surface area (Å²) in [6, 6.07) is 16.6. The number of nitrogens with one attached hydrogen (secondary N) is 2. The lowest BCUT2D eigenvalue weighted by Gasteiger charge is -2.23. The van der Waals surface area contributed by atoms with Gasteiger partial charge < -0.3 is 20.3 Å². The van der Waals surface area contributed by atoms with Crippen LogP contribution in [0.3, 0.4) is 0 Å². The molecule has 0 radical (unpaired) electrons. The lowest BCUT2D eigenvalue weighted by atomic mass is 10.1. The smallest absolute Gasteiger partial charge is 0.134 e. The molecule has 3 aromatic rings. The summed E-state index contributed by atoms with van der Waals surface area (Å²) in [5, 5.41) is 7.88. The molecule has 1 heterocycles. The van der Waals surface area contributed by atoms with Gasteiger partial charge in [0, 0.05) is 49.4 Å². The minimum Gasteiger partial charge on any atom is -0.497 e. The molecular weight excluding hydrogens is 336 g/mol. The third-order valence-corrected chi connectivity index (χ3v) is 4.72. The Balaban J connectivity index is 1.93. The van der Waals surface area contributed by atoms with Crippen LogP contribution in [0.25, 0.3) is 10.9 Å². The Hall–Kier alpha value is -2.79. The number of hydrogen-bond donors (Lipinski definition) is 2. The van der Waals surface area contributed by atoms with Crippen LogP contribution in [0.5, 0.6) is 5.75 Å². The number of nitrogens with zero attached hydrogens (tertiary/aromatic N) is 2. The van der Waals surface area contributed by atoms with Crippen molar-refractivity contribution in [2.45, 2.75) is 13.5 Å². The van der Waals surface area contributed by atoms with Gasteiger partial charge in [0.2, 0.25) is 0 Å². The normalized spacial score (nSPS) is 10.8. The minimum absolute atomic E-state index is 0.698. The molecule has 5 heteroatoms. The summed E-state index contributed by atoms with van der Waals surface area (Å²) in [5.41, 5.74) is 4.47. The van der Waals surface area contributed by atoms with Gasteiger partial charge in [-0.05, 0) is 37.7 Å². The van der Waals surface area contributed by atoms with Gasteiger partial charge in [0.25, 0.3) is 0 Å². The summed E-state index contributed by atoms with van der Waals surface area (Å²) in [4.78, 5) is 7.22. The average molecular weight is 364 g/mol. The molecule has 142 valence electrons. The molecule has 0 aliphatic heterocycles. The maximum Gasteiger partial charge on any atom is 0.134 e. The van der Waals surface area contributed by atoms with Crippen molar-refractivity contribution in [3.05, 3.63) is 59.7 Å². The quantitative estimate of drug-likeness (QED) is 0.636. The molecule has 2 N–H and O–H groups in total. The zero-order chi connectivity index (χ0) is 19.2. The first-order valence-electron chi connectivity index (χ1n) is 9.25. The zero-order valence-corrected chi connectivity index (χ0v) is 16.5. The Morgan fingerprint density at radius 2 is 1.93 bits per heavy atom. The highest BCUT2D eigenvalue weighted by Crippen LogP contribution is 2.26. The van der Waals surface area contributed by atoms with Crippen molar-refractivity contribution in [1.82, 2.24) is 10.3 Å². The summed E-state index contributed by atoms with van der Waals surface area (Å²) in [6.07, 6.45) is 0. The van der Waals surface area contributed by atoms with Gasteiger partial charge in [-0.1, -0.05) is 24.3 Å². The number of pyridine rings is 1. The molecule has 0 saturated carbocycles. The molecular formula is C22H28N4O. The van der Waals surface area contributed by atoms with E-state index in [1.807, 2.05) is 31.3 Å². The molecule has 3 rings (SSSR count). The number of para-hydroxylation sites is 1. The maximum atomic E-state index is 5.32. The molecule has 0 atom stereocenters. The van der Waals surface area contributed by atoms with E-state index in [1.165, 1.54) is 16.5 Å². The predicted molar refractivity (Wildman–Crippen MR) is 114 cm³/mol. The van der Waals surface area contributed by atoms with Crippen molar-refractivity contribution in [1.29, 1.82) is 0 Å². The first-order valence-corrected chi connectivity index (χ1v) is 9.25. The summed E-state index contributed by atoms with van der Waals surface area (Å²) >= 11 is 0. The number of aromatic nitrogens is 1. The van der Waals surface area contributed by atoms with Crippen molar-refractivity contribution >= 4 is 22.4 Å². The van der Waals surface area contributed by atoms with Crippen LogP contribution in [-0.2, 0) is 6.54 Å².